The first-order valence-corrected chi connectivity index (χ1v) is 11.1. The molecule has 0 aliphatic heterocycles. The normalized spacial score (nSPS) is 13.0. The van der Waals surface area contributed by atoms with Gasteiger partial charge in [-0.2, -0.15) is 4.31 Å². The highest BCUT2D eigenvalue weighted by Gasteiger charge is 2.24. The van der Waals surface area contributed by atoms with E-state index < -0.39 is 10.0 Å². The smallest absolute Gasteiger partial charge is 0.252 e. The molecule has 29 heavy (non-hydrogen) atoms. The molecule has 1 amide bonds. The molecule has 0 saturated carbocycles. The second kappa shape index (κ2) is 8.34. The summed E-state index contributed by atoms with van der Waals surface area (Å²) < 4.78 is 27.0. The van der Waals surface area contributed by atoms with Gasteiger partial charge in [0.15, 0.2) is 0 Å². The van der Waals surface area contributed by atoms with E-state index in [0.29, 0.717) is 30.0 Å². The van der Waals surface area contributed by atoms with Gasteiger partial charge in [0, 0.05) is 18.7 Å². The van der Waals surface area contributed by atoms with Crippen LogP contribution in [0.4, 0.5) is 0 Å². The fraction of sp³-hybridized carbons (Fsp3) is 0.333. The van der Waals surface area contributed by atoms with E-state index in [1.54, 1.807) is 32.9 Å². The molecular formula is C21H26N4O3S. The highest BCUT2D eigenvalue weighted by Crippen LogP contribution is 2.21. The average molecular weight is 415 g/mol. The van der Waals surface area contributed by atoms with Crippen molar-refractivity contribution < 1.29 is 13.2 Å². The topological polar surface area (TPSA) is 95.2 Å². The number of aromatic amines is 1. The second-order valence-electron chi connectivity index (χ2n) is 6.90. The van der Waals surface area contributed by atoms with Crippen molar-refractivity contribution in [2.24, 2.45) is 0 Å². The molecule has 0 fully saturated rings. The molecule has 1 aromatic heterocycles. The second-order valence-corrected chi connectivity index (χ2v) is 8.84. The van der Waals surface area contributed by atoms with E-state index in [-0.39, 0.29) is 16.8 Å². The number of H-pyrrole nitrogens is 1. The van der Waals surface area contributed by atoms with Crippen molar-refractivity contribution in [3.8, 4) is 0 Å². The lowest BCUT2D eigenvalue weighted by atomic mass is 10.1. The number of aryl methyl sites for hydroxylation is 1. The van der Waals surface area contributed by atoms with Crippen molar-refractivity contribution in [2.45, 2.75) is 38.6 Å². The number of imidazole rings is 1. The predicted octanol–water partition coefficient (Wildman–Crippen LogP) is 3.39. The van der Waals surface area contributed by atoms with Crippen LogP contribution in [-0.4, -0.2) is 41.7 Å². The summed E-state index contributed by atoms with van der Waals surface area (Å²) in [4.78, 5) is 20.7. The predicted molar refractivity (Wildman–Crippen MR) is 113 cm³/mol. The lowest BCUT2D eigenvalue weighted by Crippen LogP contribution is -2.31. The molecule has 154 valence electrons. The summed E-state index contributed by atoms with van der Waals surface area (Å²) >= 11 is 0. The Kier molecular flexibility index (Phi) is 6.04. The molecule has 0 saturated heterocycles. The number of para-hydroxylation sites is 2. The fourth-order valence-corrected chi connectivity index (χ4v) is 4.72. The Balaban J connectivity index is 1.87. The molecule has 0 aliphatic carbocycles. The zero-order valence-electron chi connectivity index (χ0n) is 17.1. The van der Waals surface area contributed by atoms with Crippen molar-refractivity contribution in [1.29, 1.82) is 0 Å². The van der Waals surface area contributed by atoms with Gasteiger partial charge < -0.3 is 10.3 Å². The van der Waals surface area contributed by atoms with Gasteiger partial charge in [-0.25, -0.2) is 13.4 Å². The molecule has 1 unspecified atom stereocenters. The Bertz CT molecular complexity index is 1100. The van der Waals surface area contributed by atoms with Crippen molar-refractivity contribution in [2.75, 3.05) is 13.1 Å². The van der Waals surface area contributed by atoms with E-state index >= 15 is 0 Å². The number of fused-ring (bicyclic) bond motifs is 1. The lowest BCUT2D eigenvalue weighted by molar-refractivity contribution is 0.0937. The van der Waals surface area contributed by atoms with Gasteiger partial charge in [0.05, 0.1) is 22.0 Å². The van der Waals surface area contributed by atoms with Crippen LogP contribution in [0.1, 0.15) is 48.6 Å². The number of amides is 1. The first-order valence-electron chi connectivity index (χ1n) is 9.64. The molecule has 2 aromatic carbocycles. The van der Waals surface area contributed by atoms with Crippen LogP contribution in [0.2, 0.25) is 0 Å². The first-order chi connectivity index (χ1) is 13.8. The van der Waals surface area contributed by atoms with Crippen LogP contribution in [0, 0.1) is 6.92 Å². The number of benzene rings is 2. The van der Waals surface area contributed by atoms with E-state index in [0.717, 1.165) is 11.0 Å². The number of aromatic nitrogens is 2. The van der Waals surface area contributed by atoms with Crippen LogP contribution >= 0.6 is 0 Å². The molecular weight excluding hydrogens is 388 g/mol. The molecule has 8 heteroatoms. The minimum absolute atomic E-state index is 0.119. The van der Waals surface area contributed by atoms with Crippen LogP contribution in [0.5, 0.6) is 0 Å². The van der Waals surface area contributed by atoms with Gasteiger partial charge in [-0.3, -0.25) is 4.79 Å². The summed E-state index contributed by atoms with van der Waals surface area (Å²) in [7, 11) is -3.64. The van der Waals surface area contributed by atoms with E-state index in [1.807, 2.05) is 31.2 Å². The lowest BCUT2D eigenvalue weighted by Gasteiger charge is -2.19. The number of carbonyl (C=O) groups excluding carboxylic acids is 1. The monoisotopic (exact) mass is 414 g/mol. The Morgan fingerprint density at radius 1 is 1.17 bits per heavy atom. The average Bonchev–Trinajstić information content (AvgIpc) is 3.13. The summed E-state index contributed by atoms with van der Waals surface area (Å²) in [6.07, 6.45) is 0. The maximum absolute atomic E-state index is 12.9. The molecule has 0 radical (unpaired) electrons. The summed E-state index contributed by atoms with van der Waals surface area (Å²) in [6.45, 7) is 7.94. The molecule has 3 aromatic rings. The van der Waals surface area contributed by atoms with E-state index in [4.69, 9.17) is 0 Å². The van der Waals surface area contributed by atoms with Gasteiger partial charge in [-0.15, -0.1) is 0 Å². The Hall–Kier alpha value is -2.71. The molecule has 0 aliphatic rings. The van der Waals surface area contributed by atoms with Crippen LogP contribution in [-0.2, 0) is 10.0 Å². The quantitative estimate of drug-likeness (QED) is 0.619. The molecule has 0 bridgehead atoms. The van der Waals surface area contributed by atoms with Gasteiger partial charge in [0.25, 0.3) is 5.91 Å². The Labute approximate surface area is 171 Å². The van der Waals surface area contributed by atoms with Crippen LogP contribution in [0.25, 0.3) is 11.0 Å². The van der Waals surface area contributed by atoms with Crippen LogP contribution in [0.3, 0.4) is 0 Å². The van der Waals surface area contributed by atoms with Crippen molar-refractivity contribution in [3.05, 3.63) is 59.4 Å². The molecule has 0 spiro atoms. The van der Waals surface area contributed by atoms with Crippen LogP contribution in [0.15, 0.2) is 47.4 Å². The van der Waals surface area contributed by atoms with Gasteiger partial charge >= 0.3 is 0 Å². The molecule has 7 nitrogen and oxygen atoms in total. The van der Waals surface area contributed by atoms with E-state index in [9.17, 15) is 13.2 Å². The summed E-state index contributed by atoms with van der Waals surface area (Å²) in [5.74, 6) is 0.302. The Morgan fingerprint density at radius 2 is 1.86 bits per heavy atom. The maximum atomic E-state index is 12.9. The molecule has 1 heterocycles. The minimum Gasteiger partial charge on any atom is -0.342 e. The zero-order chi connectivity index (χ0) is 21.2. The first kappa shape index (κ1) is 21.0. The summed E-state index contributed by atoms with van der Waals surface area (Å²) in [5.41, 5.74) is 2.76. The highest BCUT2D eigenvalue weighted by molar-refractivity contribution is 7.89. The number of nitrogens with one attached hydrogen (secondary N) is 2. The maximum Gasteiger partial charge on any atom is 0.252 e. The van der Waals surface area contributed by atoms with Crippen molar-refractivity contribution in [3.63, 3.8) is 0 Å². The molecule has 1 atom stereocenters. The Morgan fingerprint density at radius 3 is 2.52 bits per heavy atom. The zero-order valence-corrected chi connectivity index (χ0v) is 17.9. The van der Waals surface area contributed by atoms with Gasteiger partial charge in [0.1, 0.15) is 5.82 Å². The van der Waals surface area contributed by atoms with E-state index in [2.05, 4.69) is 15.3 Å². The fourth-order valence-electron chi connectivity index (χ4n) is 3.24. The van der Waals surface area contributed by atoms with Crippen molar-refractivity contribution in [1.82, 2.24) is 19.6 Å². The highest BCUT2D eigenvalue weighted by atomic mass is 32.2. The van der Waals surface area contributed by atoms with Crippen LogP contribution < -0.4 is 5.32 Å². The van der Waals surface area contributed by atoms with E-state index in [1.165, 1.54) is 10.4 Å². The number of nitrogens with zero attached hydrogens (tertiary/aromatic N) is 2. The third-order valence-electron chi connectivity index (χ3n) is 4.96. The summed E-state index contributed by atoms with van der Waals surface area (Å²) in [5, 5.41) is 2.91. The SMILES string of the molecule is CCN(CC)S(=O)(=O)c1ccc(C)c(C(=O)NC(C)c2nc3ccccc3[nH]2)c1. The summed E-state index contributed by atoms with van der Waals surface area (Å²) in [6, 6.07) is 11.9. The van der Waals surface area contributed by atoms with Crippen molar-refractivity contribution >= 4 is 27.0 Å². The van der Waals surface area contributed by atoms with Gasteiger partial charge in [-0.1, -0.05) is 32.0 Å². The molecule has 2 N–H and O–H groups in total. The number of hydrogen-bond donors (Lipinski definition) is 2. The largest absolute Gasteiger partial charge is 0.342 e. The number of hydrogen-bond acceptors (Lipinski definition) is 4. The minimum atomic E-state index is -3.64. The standard InChI is InChI=1S/C21H26N4O3S/c1-5-25(6-2)29(27,28)16-12-11-14(3)17(13-16)21(26)22-15(4)20-23-18-9-7-8-10-19(18)24-20/h7-13,15H,5-6H2,1-4H3,(H,22,26)(H,23,24). The number of rotatable bonds is 7. The van der Waals surface area contributed by atoms with Gasteiger partial charge in [-0.05, 0) is 43.7 Å². The number of carbonyl (C=O) groups is 1. The molecule has 3 rings (SSSR count). The third kappa shape index (κ3) is 4.18. The third-order valence-corrected chi connectivity index (χ3v) is 7.01. The number of sulfonamides is 1. The van der Waals surface area contributed by atoms with Gasteiger partial charge in [0.2, 0.25) is 10.0 Å².